The molecular formula is C13H20N2O4S. The van der Waals surface area contributed by atoms with E-state index in [2.05, 4.69) is 4.72 Å². The normalized spacial score (nSPS) is 16.3. The van der Waals surface area contributed by atoms with Crippen LogP contribution in [-0.2, 0) is 16.4 Å². The van der Waals surface area contributed by atoms with Gasteiger partial charge in [-0.05, 0) is 37.0 Å². The van der Waals surface area contributed by atoms with Crippen LogP contribution in [0.1, 0.15) is 25.3 Å². The fourth-order valence-electron chi connectivity index (χ4n) is 2.20. The van der Waals surface area contributed by atoms with E-state index in [-0.39, 0.29) is 11.5 Å². The second-order valence-corrected chi connectivity index (χ2v) is 6.55. The van der Waals surface area contributed by atoms with E-state index in [9.17, 15) is 8.42 Å². The standard InChI is InChI=1S/C13H20N2O4S/c1-2-11(8-16)15-20(17,18)12-7-10(14)6-9-4-3-5-19-13(9)12/h6-7,11,15-16H,2-5,8,14H2,1H3. The minimum atomic E-state index is -3.76. The summed E-state index contributed by atoms with van der Waals surface area (Å²) in [6, 6.07) is 2.63. The molecule has 2 rings (SSSR count). The molecule has 112 valence electrons. The molecule has 4 N–H and O–H groups in total. The predicted octanol–water partition coefficient (Wildman–Crippen LogP) is 0.643. The van der Waals surface area contributed by atoms with Crippen molar-refractivity contribution in [2.45, 2.75) is 37.1 Å². The molecule has 7 heteroatoms. The fourth-order valence-corrected chi connectivity index (χ4v) is 3.73. The summed E-state index contributed by atoms with van der Waals surface area (Å²) in [5, 5.41) is 9.15. The quantitative estimate of drug-likeness (QED) is 0.693. The number of nitrogen functional groups attached to an aromatic ring is 1. The van der Waals surface area contributed by atoms with Crippen LogP contribution in [0.4, 0.5) is 5.69 Å². The van der Waals surface area contributed by atoms with Crippen LogP contribution in [0.5, 0.6) is 5.75 Å². The van der Waals surface area contributed by atoms with Crippen molar-refractivity contribution in [1.29, 1.82) is 0 Å². The van der Waals surface area contributed by atoms with Gasteiger partial charge in [-0.15, -0.1) is 0 Å². The number of ether oxygens (including phenoxy) is 1. The number of rotatable bonds is 5. The zero-order valence-corrected chi connectivity index (χ0v) is 12.2. The monoisotopic (exact) mass is 300 g/mol. The van der Waals surface area contributed by atoms with Gasteiger partial charge in [-0.3, -0.25) is 0 Å². The highest BCUT2D eigenvalue weighted by atomic mass is 32.2. The molecule has 1 aliphatic rings. The Bertz CT molecular complexity index is 582. The minimum absolute atomic E-state index is 0.0547. The third kappa shape index (κ3) is 3.05. The molecule has 1 aromatic carbocycles. The largest absolute Gasteiger partial charge is 0.492 e. The van der Waals surface area contributed by atoms with Gasteiger partial charge >= 0.3 is 0 Å². The first-order chi connectivity index (χ1) is 9.47. The fraction of sp³-hybridized carbons (Fsp3) is 0.538. The van der Waals surface area contributed by atoms with E-state index in [1.54, 1.807) is 13.0 Å². The Morgan fingerprint density at radius 2 is 2.25 bits per heavy atom. The number of nitrogens with one attached hydrogen (secondary N) is 1. The van der Waals surface area contributed by atoms with Crippen molar-refractivity contribution in [2.24, 2.45) is 0 Å². The third-order valence-electron chi connectivity index (χ3n) is 3.32. The van der Waals surface area contributed by atoms with Gasteiger partial charge in [-0.25, -0.2) is 13.1 Å². The molecular weight excluding hydrogens is 280 g/mol. The Balaban J connectivity index is 2.43. The number of hydrogen-bond donors (Lipinski definition) is 3. The summed E-state index contributed by atoms with van der Waals surface area (Å²) >= 11 is 0. The van der Waals surface area contributed by atoms with E-state index in [4.69, 9.17) is 15.6 Å². The molecule has 0 aliphatic carbocycles. The van der Waals surface area contributed by atoms with Gasteiger partial charge in [-0.1, -0.05) is 6.92 Å². The summed E-state index contributed by atoms with van der Waals surface area (Å²) in [6.45, 7) is 2.05. The maximum Gasteiger partial charge on any atom is 0.244 e. The van der Waals surface area contributed by atoms with Crippen LogP contribution in [0.2, 0.25) is 0 Å². The molecule has 0 amide bonds. The van der Waals surface area contributed by atoms with Crippen molar-refractivity contribution in [3.63, 3.8) is 0 Å². The lowest BCUT2D eigenvalue weighted by Gasteiger charge is -2.22. The molecule has 1 aliphatic heterocycles. The topological polar surface area (TPSA) is 102 Å². The molecule has 1 aromatic rings. The number of sulfonamides is 1. The van der Waals surface area contributed by atoms with Gasteiger partial charge in [0.15, 0.2) is 0 Å². The SMILES string of the molecule is CCC(CO)NS(=O)(=O)c1cc(N)cc2c1OCCC2. The number of aliphatic hydroxyl groups is 1. The van der Waals surface area contributed by atoms with Gasteiger partial charge in [0.1, 0.15) is 10.6 Å². The lowest BCUT2D eigenvalue weighted by Crippen LogP contribution is -2.37. The lowest BCUT2D eigenvalue weighted by molar-refractivity contribution is 0.253. The van der Waals surface area contributed by atoms with E-state index in [1.807, 2.05) is 0 Å². The summed E-state index contributed by atoms with van der Waals surface area (Å²) < 4.78 is 32.8. The Labute approximate surface area is 119 Å². The number of anilines is 1. The maximum atomic E-state index is 12.4. The van der Waals surface area contributed by atoms with E-state index in [0.717, 1.165) is 18.4 Å². The van der Waals surface area contributed by atoms with Gasteiger partial charge in [0, 0.05) is 11.7 Å². The Morgan fingerprint density at radius 3 is 2.90 bits per heavy atom. The Hall–Kier alpha value is -1.31. The van der Waals surface area contributed by atoms with Crippen LogP contribution in [0.15, 0.2) is 17.0 Å². The molecule has 0 aromatic heterocycles. The zero-order valence-electron chi connectivity index (χ0n) is 11.4. The van der Waals surface area contributed by atoms with E-state index in [1.165, 1.54) is 6.07 Å². The van der Waals surface area contributed by atoms with Gasteiger partial charge in [-0.2, -0.15) is 0 Å². The van der Waals surface area contributed by atoms with Crippen molar-refractivity contribution in [1.82, 2.24) is 4.72 Å². The Morgan fingerprint density at radius 1 is 1.50 bits per heavy atom. The third-order valence-corrected chi connectivity index (χ3v) is 4.84. The first-order valence-electron chi connectivity index (χ1n) is 6.66. The molecule has 0 radical (unpaired) electrons. The number of hydrogen-bond acceptors (Lipinski definition) is 5. The van der Waals surface area contributed by atoms with Gasteiger partial charge in [0.2, 0.25) is 10.0 Å². The van der Waals surface area contributed by atoms with Crippen LogP contribution in [0.25, 0.3) is 0 Å². The first kappa shape index (κ1) is 15.1. The summed E-state index contributed by atoms with van der Waals surface area (Å²) in [6.07, 6.45) is 2.10. The Kier molecular flexibility index (Phi) is 4.52. The van der Waals surface area contributed by atoms with Crippen molar-refractivity contribution < 1.29 is 18.3 Å². The van der Waals surface area contributed by atoms with Crippen molar-refractivity contribution in [3.8, 4) is 5.75 Å². The second-order valence-electron chi connectivity index (χ2n) is 4.87. The van der Waals surface area contributed by atoms with Crippen LogP contribution in [-0.4, -0.2) is 32.8 Å². The van der Waals surface area contributed by atoms with Gasteiger partial charge in [0.25, 0.3) is 0 Å². The summed E-state index contributed by atoms with van der Waals surface area (Å²) in [5.41, 5.74) is 6.99. The van der Waals surface area contributed by atoms with Crippen LogP contribution in [0, 0.1) is 0 Å². The molecule has 1 heterocycles. The number of nitrogens with two attached hydrogens (primary N) is 1. The van der Waals surface area contributed by atoms with E-state index < -0.39 is 16.1 Å². The van der Waals surface area contributed by atoms with Crippen LogP contribution < -0.4 is 15.2 Å². The average molecular weight is 300 g/mol. The van der Waals surface area contributed by atoms with Gasteiger partial charge in [0.05, 0.1) is 13.2 Å². The van der Waals surface area contributed by atoms with Crippen molar-refractivity contribution in [2.75, 3.05) is 18.9 Å². The second kappa shape index (κ2) is 5.99. The molecule has 1 atom stereocenters. The highest BCUT2D eigenvalue weighted by Gasteiger charge is 2.26. The zero-order chi connectivity index (χ0) is 14.8. The highest BCUT2D eigenvalue weighted by molar-refractivity contribution is 7.89. The van der Waals surface area contributed by atoms with E-state index in [0.29, 0.717) is 24.5 Å². The molecule has 20 heavy (non-hydrogen) atoms. The van der Waals surface area contributed by atoms with Crippen molar-refractivity contribution in [3.05, 3.63) is 17.7 Å². The van der Waals surface area contributed by atoms with E-state index >= 15 is 0 Å². The number of aliphatic hydroxyl groups excluding tert-OH is 1. The summed E-state index contributed by atoms with van der Waals surface area (Å²) in [4.78, 5) is 0.0547. The van der Waals surface area contributed by atoms with Crippen LogP contribution >= 0.6 is 0 Å². The summed E-state index contributed by atoms with van der Waals surface area (Å²) in [7, 11) is -3.76. The number of benzene rings is 1. The lowest BCUT2D eigenvalue weighted by atomic mass is 10.1. The molecule has 0 fully saturated rings. The smallest absolute Gasteiger partial charge is 0.244 e. The predicted molar refractivity (Wildman–Crippen MR) is 76.2 cm³/mol. The molecule has 0 saturated carbocycles. The molecule has 6 nitrogen and oxygen atoms in total. The van der Waals surface area contributed by atoms with Crippen LogP contribution in [0.3, 0.4) is 0 Å². The average Bonchev–Trinajstić information content (AvgIpc) is 2.43. The summed E-state index contributed by atoms with van der Waals surface area (Å²) in [5.74, 6) is 0.380. The van der Waals surface area contributed by atoms with Crippen molar-refractivity contribution >= 4 is 15.7 Å². The van der Waals surface area contributed by atoms with Gasteiger partial charge < -0.3 is 15.6 Å². The number of fused-ring (bicyclic) bond motifs is 1. The minimum Gasteiger partial charge on any atom is -0.492 e. The molecule has 1 unspecified atom stereocenters. The molecule has 0 spiro atoms. The first-order valence-corrected chi connectivity index (χ1v) is 8.14. The molecule has 0 bridgehead atoms. The molecule has 0 saturated heterocycles. The number of aryl methyl sites for hydroxylation is 1. The maximum absolute atomic E-state index is 12.4. The highest BCUT2D eigenvalue weighted by Crippen LogP contribution is 2.34.